The fraction of sp³-hybridized carbons (Fsp3) is 0.278. The van der Waals surface area contributed by atoms with Gasteiger partial charge >= 0.3 is 6.09 Å². The van der Waals surface area contributed by atoms with Crippen molar-refractivity contribution in [3.63, 3.8) is 0 Å². The lowest BCUT2D eigenvalue weighted by Gasteiger charge is -2.14. The number of halogens is 1. The van der Waals surface area contributed by atoms with Crippen molar-refractivity contribution in [2.75, 3.05) is 18.0 Å². The molecule has 1 saturated heterocycles. The Balaban J connectivity index is 1.79. The molecular formula is C18H18FN3O4. The summed E-state index contributed by atoms with van der Waals surface area (Å²) in [5.74, 6) is -0.717. The molecule has 3 rings (SSSR count). The number of carbonyl (C=O) groups excluding carboxylic acids is 2. The molecule has 1 aliphatic heterocycles. The highest BCUT2D eigenvalue weighted by Gasteiger charge is 2.32. The van der Waals surface area contributed by atoms with Gasteiger partial charge in [-0.3, -0.25) is 14.7 Å². The normalized spacial score (nSPS) is 16.5. The van der Waals surface area contributed by atoms with E-state index in [0.29, 0.717) is 22.5 Å². The van der Waals surface area contributed by atoms with E-state index in [0.717, 1.165) is 0 Å². The Hall–Kier alpha value is -3.00. The van der Waals surface area contributed by atoms with Crippen molar-refractivity contribution in [1.29, 1.82) is 0 Å². The fourth-order valence-corrected chi connectivity index (χ4v) is 2.73. The average Bonchev–Trinajstić information content (AvgIpc) is 3.00. The predicted molar refractivity (Wildman–Crippen MR) is 91.9 cm³/mol. The number of nitrogens with one attached hydrogen (secondary N) is 1. The Bertz CT molecular complexity index is 843. The van der Waals surface area contributed by atoms with E-state index in [9.17, 15) is 14.0 Å². The van der Waals surface area contributed by atoms with E-state index in [-0.39, 0.29) is 25.6 Å². The molecule has 136 valence electrons. The number of hydrogen-bond acceptors (Lipinski definition) is 5. The summed E-state index contributed by atoms with van der Waals surface area (Å²) in [5, 5.41) is 11.7. The first kappa shape index (κ1) is 17.8. The van der Waals surface area contributed by atoms with Crippen molar-refractivity contribution in [3.05, 3.63) is 48.0 Å². The van der Waals surface area contributed by atoms with Crippen LogP contribution in [0, 0.1) is 5.82 Å². The number of cyclic esters (lactones) is 1. The minimum atomic E-state index is -0.584. The van der Waals surface area contributed by atoms with Crippen LogP contribution in [0.2, 0.25) is 0 Å². The number of ether oxygens (including phenoxy) is 1. The van der Waals surface area contributed by atoms with Gasteiger partial charge in [-0.1, -0.05) is 0 Å². The van der Waals surface area contributed by atoms with Crippen LogP contribution in [0.1, 0.15) is 12.6 Å². The Morgan fingerprint density at radius 1 is 1.42 bits per heavy atom. The van der Waals surface area contributed by atoms with Crippen LogP contribution in [0.15, 0.2) is 36.5 Å². The van der Waals surface area contributed by atoms with Crippen LogP contribution in [0.25, 0.3) is 11.1 Å². The lowest BCUT2D eigenvalue weighted by Crippen LogP contribution is -2.33. The van der Waals surface area contributed by atoms with Crippen molar-refractivity contribution in [2.24, 2.45) is 0 Å². The smallest absolute Gasteiger partial charge is 0.414 e. The van der Waals surface area contributed by atoms with Crippen LogP contribution in [-0.4, -0.2) is 41.3 Å². The molecule has 0 saturated carbocycles. The lowest BCUT2D eigenvalue weighted by atomic mass is 10.0. The molecule has 0 aliphatic carbocycles. The van der Waals surface area contributed by atoms with Crippen molar-refractivity contribution in [1.82, 2.24) is 10.3 Å². The second-order valence-electron chi connectivity index (χ2n) is 5.91. The van der Waals surface area contributed by atoms with E-state index in [1.165, 1.54) is 24.1 Å². The number of aliphatic hydroxyl groups is 1. The van der Waals surface area contributed by atoms with Crippen molar-refractivity contribution in [2.45, 2.75) is 19.6 Å². The molecule has 2 N–H and O–H groups in total. The zero-order chi connectivity index (χ0) is 18.7. The van der Waals surface area contributed by atoms with Crippen LogP contribution in [0.3, 0.4) is 0 Å². The minimum Gasteiger partial charge on any atom is -0.442 e. The highest BCUT2D eigenvalue weighted by Crippen LogP contribution is 2.29. The molecular weight excluding hydrogens is 341 g/mol. The number of pyridine rings is 1. The van der Waals surface area contributed by atoms with Gasteiger partial charge in [0.05, 0.1) is 31.1 Å². The standard InChI is InChI=1S/C18H18FN3O4/c1-11(24)21-8-15-9-22(18(25)26-15)14-2-3-16(17(19)7-14)12-4-5-20-13(6-12)10-23/h2-7,15,23H,8-10H2,1H3,(H,21,24). The summed E-state index contributed by atoms with van der Waals surface area (Å²) in [6.07, 6.45) is 0.430. The number of amides is 2. The zero-order valence-corrected chi connectivity index (χ0v) is 14.1. The van der Waals surface area contributed by atoms with Gasteiger partial charge in [0.1, 0.15) is 11.9 Å². The molecule has 0 spiro atoms. The number of nitrogens with zero attached hydrogens (tertiary/aromatic N) is 2. The maximum atomic E-state index is 14.6. The topological polar surface area (TPSA) is 91.8 Å². The monoisotopic (exact) mass is 359 g/mol. The second-order valence-corrected chi connectivity index (χ2v) is 5.91. The first-order chi connectivity index (χ1) is 12.5. The van der Waals surface area contributed by atoms with Gasteiger partial charge in [-0.25, -0.2) is 9.18 Å². The number of aromatic nitrogens is 1. The van der Waals surface area contributed by atoms with E-state index < -0.39 is 18.0 Å². The molecule has 2 heterocycles. The van der Waals surface area contributed by atoms with E-state index in [2.05, 4.69) is 10.3 Å². The highest BCUT2D eigenvalue weighted by atomic mass is 19.1. The molecule has 0 radical (unpaired) electrons. The van der Waals surface area contributed by atoms with Crippen LogP contribution >= 0.6 is 0 Å². The summed E-state index contributed by atoms with van der Waals surface area (Å²) in [7, 11) is 0. The van der Waals surface area contributed by atoms with Gasteiger partial charge in [0, 0.05) is 18.7 Å². The lowest BCUT2D eigenvalue weighted by molar-refractivity contribution is -0.119. The largest absolute Gasteiger partial charge is 0.442 e. The molecule has 8 heteroatoms. The molecule has 0 bridgehead atoms. The molecule has 7 nitrogen and oxygen atoms in total. The first-order valence-corrected chi connectivity index (χ1v) is 8.06. The molecule has 1 atom stereocenters. The Morgan fingerprint density at radius 2 is 2.23 bits per heavy atom. The summed E-state index contributed by atoms with van der Waals surface area (Å²) in [6.45, 7) is 1.58. The summed E-state index contributed by atoms with van der Waals surface area (Å²) < 4.78 is 19.8. The van der Waals surface area contributed by atoms with E-state index >= 15 is 0 Å². The van der Waals surface area contributed by atoms with E-state index in [4.69, 9.17) is 9.84 Å². The third kappa shape index (κ3) is 3.80. The zero-order valence-electron chi connectivity index (χ0n) is 14.1. The Morgan fingerprint density at radius 3 is 2.92 bits per heavy atom. The molecule has 26 heavy (non-hydrogen) atoms. The summed E-state index contributed by atoms with van der Waals surface area (Å²) in [4.78, 5) is 28.3. The van der Waals surface area contributed by atoms with E-state index in [1.54, 1.807) is 24.3 Å². The number of benzene rings is 1. The van der Waals surface area contributed by atoms with Gasteiger partial charge in [0.15, 0.2) is 0 Å². The van der Waals surface area contributed by atoms with Gasteiger partial charge in [-0.05, 0) is 35.9 Å². The number of carbonyl (C=O) groups is 2. The fourth-order valence-electron chi connectivity index (χ4n) is 2.73. The molecule has 1 fully saturated rings. The van der Waals surface area contributed by atoms with Crippen LogP contribution in [0.4, 0.5) is 14.9 Å². The molecule has 1 unspecified atom stereocenters. The van der Waals surface area contributed by atoms with Gasteiger partial charge < -0.3 is 15.2 Å². The summed E-state index contributed by atoms with van der Waals surface area (Å²) in [6, 6.07) is 7.70. The third-order valence-electron chi connectivity index (χ3n) is 4.01. The Kier molecular flexibility index (Phi) is 5.13. The highest BCUT2D eigenvalue weighted by molar-refractivity contribution is 5.90. The SMILES string of the molecule is CC(=O)NCC1CN(c2ccc(-c3ccnc(CO)c3)c(F)c2)C(=O)O1. The molecule has 1 aliphatic rings. The predicted octanol–water partition coefficient (Wildman–Crippen LogP) is 1.84. The van der Waals surface area contributed by atoms with Crippen molar-refractivity contribution < 1.29 is 23.8 Å². The van der Waals surface area contributed by atoms with Crippen LogP contribution in [0.5, 0.6) is 0 Å². The van der Waals surface area contributed by atoms with Gasteiger partial charge in [0.2, 0.25) is 5.91 Å². The van der Waals surface area contributed by atoms with Gasteiger partial charge in [0.25, 0.3) is 0 Å². The maximum absolute atomic E-state index is 14.6. The average molecular weight is 359 g/mol. The third-order valence-corrected chi connectivity index (χ3v) is 4.01. The van der Waals surface area contributed by atoms with Crippen molar-refractivity contribution in [3.8, 4) is 11.1 Å². The minimum absolute atomic E-state index is 0.207. The first-order valence-electron chi connectivity index (χ1n) is 8.06. The number of anilines is 1. The number of hydrogen-bond donors (Lipinski definition) is 2. The van der Waals surface area contributed by atoms with Crippen molar-refractivity contribution >= 4 is 17.7 Å². The molecule has 2 amide bonds. The quantitative estimate of drug-likeness (QED) is 0.850. The van der Waals surface area contributed by atoms with Gasteiger partial charge in [-0.2, -0.15) is 0 Å². The number of aliphatic hydroxyl groups excluding tert-OH is 1. The maximum Gasteiger partial charge on any atom is 0.414 e. The van der Waals surface area contributed by atoms with Gasteiger partial charge in [-0.15, -0.1) is 0 Å². The Labute approximate surface area is 149 Å². The summed E-state index contributed by atoms with van der Waals surface area (Å²) >= 11 is 0. The summed E-state index contributed by atoms with van der Waals surface area (Å²) in [5.41, 5.74) is 1.74. The van der Waals surface area contributed by atoms with Crippen LogP contribution in [-0.2, 0) is 16.1 Å². The van der Waals surface area contributed by atoms with Crippen LogP contribution < -0.4 is 10.2 Å². The molecule has 2 aromatic rings. The molecule has 1 aromatic carbocycles. The molecule has 1 aromatic heterocycles. The van der Waals surface area contributed by atoms with E-state index in [1.807, 2.05) is 0 Å². The second kappa shape index (κ2) is 7.49. The number of rotatable bonds is 5.